The van der Waals surface area contributed by atoms with E-state index >= 15 is 0 Å². The SMILES string of the molecule is O=C(Cc1ccc(Br)cc1)CC1CC2CCC(C1)N2. The molecule has 3 heteroatoms. The summed E-state index contributed by atoms with van der Waals surface area (Å²) in [6, 6.07) is 9.46. The first-order chi connectivity index (χ1) is 9.19. The Labute approximate surface area is 123 Å². The molecule has 2 aliphatic heterocycles. The lowest BCUT2D eigenvalue weighted by molar-refractivity contribution is -0.119. The maximum Gasteiger partial charge on any atom is 0.137 e. The Morgan fingerprint density at radius 3 is 2.42 bits per heavy atom. The summed E-state index contributed by atoms with van der Waals surface area (Å²) in [6.07, 6.45) is 6.37. The predicted octanol–water partition coefficient (Wildman–Crippen LogP) is 3.48. The van der Waals surface area contributed by atoms with Crippen molar-refractivity contribution >= 4 is 21.7 Å². The van der Waals surface area contributed by atoms with Crippen LogP contribution in [0.5, 0.6) is 0 Å². The Balaban J connectivity index is 1.52. The zero-order valence-electron chi connectivity index (χ0n) is 11.1. The molecule has 2 unspecified atom stereocenters. The molecule has 2 fully saturated rings. The number of fused-ring (bicyclic) bond motifs is 2. The van der Waals surface area contributed by atoms with Gasteiger partial charge in [0.2, 0.25) is 0 Å². The summed E-state index contributed by atoms with van der Waals surface area (Å²) < 4.78 is 1.07. The number of Topliss-reactive ketones (excluding diaryl/α,β-unsaturated/α-hetero) is 1. The molecule has 0 spiro atoms. The minimum absolute atomic E-state index is 0.397. The molecule has 0 saturated carbocycles. The zero-order valence-corrected chi connectivity index (χ0v) is 12.7. The molecule has 2 saturated heterocycles. The lowest BCUT2D eigenvalue weighted by atomic mass is 9.87. The average molecular weight is 322 g/mol. The van der Waals surface area contributed by atoms with Gasteiger partial charge in [0, 0.05) is 29.4 Å². The fraction of sp³-hybridized carbons (Fsp3) is 0.562. The molecule has 1 N–H and O–H groups in total. The van der Waals surface area contributed by atoms with E-state index in [0.29, 0.717) is 30.2 Å². The van der Waals surface area contributed by atoms with Crippen molar-refractivity contribution in [2.24, 2.45) is 5.92 Å². The molecule has 0 amide bonds. The molecule has 2 aliphatic rings. The third-order valence-electron chi connectivity index (χ3n) is 4.40. The van der Waals surface area contributed by atoms with Gasteiger partial charge in [-0.15, -0.1) is 0 Å². The Hall–Kier alpha value is -0.670. The summed E-state index contributed by atoms with van der Waals surface area (Å²) in [5.74, 6) is 1.01. The Bertz CT molecular complexity index is 444. The van der Waals surface area contributed by atoms with Gasteiger partial charge in [-0.2, -0.15) is 0 Å². The first-order valence-corrected chi connectivity index (χ1v) is 8.00. The van der Waals surface area contributed by atoms with Gasteiger partial charge >= 0.3 is 0 Å². The van der Waals surface area contributed by atoms with Crippen LogP contribution in [0, 0.1) is 5.92 Å². The van der Waals surface area contributed by atoms with Crippen LogP contribution in [0.25, 0.3) is 0 Å². The van der Waals surface area contributed by atoms with E-state index in [1.54, 1.807) is 0 Å². The Kier molecular flexibility index (Phi) is 4.04. The summed E-state index contributed by atoms with van der Waals surface area (Å²) >= 11 is 3.42. The van der Waals surface area contributed by atoms with Crippen molar-refractivity contribution in [2.75, 3.05) is 0 Å². The highest BCUT2D eigenvalue weighted by atomic mass is 79.9. The molecule has 102 valence electrons. The van der Waals surface area contributed by atoms with Crippen LogP contribution in [0.3, 0.4) is 0 Å². The molecule has 0 aromatic heterocycles. The molecule has 0 aliphatic carbocycles. The second-order valence-electron chi connectivity index (χ2n) is 6.02. The van der Waals surface area contributed by atoms with Crippen molar-refractivity contribution in [3.05, 3.63) is 34.3 Å². The van der Waals surface area contributed by atoms with Gasteiger partial charge in [-0.25, -0.2) is 0 Å². The van der Waals surface area contributed by atoms with E-state index in [2.05, 4.69) is 21.2 Å². The molecule has 2 bridgehead atoms. The number of rotatable bonds is 4. The van der Waals surface area contributed by atoms with Gasteiger partial charge in [-0.3, -0.25) is 4.79 Å². The first kappa shape index (κ1) is 13.3. The van der Waals surface area contributed by atoms with Crippen molar-refractivity contribution in [2.45, 2.75) is 50.6 Å². The fourth-order valence-corrected chi connectivity index (χ4v) is 3.83. The van der Waals surface area contributed by atoms with E-state index < -0.39 is 0 Å². The largest absolute Gasteiger partial charge is 0.311 e. The Morgan fingerprint density at radius 1 is 1.16 bits per heavy atom. The number of benzene rings is 1. The maximum absolute atomic E-state index is 12.2. The quantitative estimate of drug-likeness (QED) is 0.919. The van der Waals surface area contributed by atoms with Crippen LogP contribution in [-0.2, 0) is 11.2 Å². The molecule has 3 rings (SSSR count). The van der Waals surface area contributed by atoms with Gasteiger partial charge < -0.3 is 5.32 Å². The molecule has 2 nitrogen and oxygen atoms in total. The van der Waals surface area contributed by atoms with Gasteiger partial charge in [-0.1, -0.05) is 28.1 Å². The van der Waals surface area contributed by atoms with Crippen molar-refractivity contribution in [1.82, 2.24) is 5.32 Å². The minimum Gasteiger partial charge on any atom is -0.311 e. The number of carbonyl (C=O) groups is 1. The second kappa shape index (κ2) is 5.76. The molecular weight excluding hydrogens is 302 g/mol. The summed E-state index contributed by atoms with van der Waals surface area (Å²) in [5.41, 5.74) is 1.13. The average Bonchev–Trinajstić information content (AvgIpc) is 2.72. The van der Waals surface area contributed by atoms with Gasteiger partial charge in [0.15, 0.2) is 0 Å². The number of hydrogen-bond donors (Lipinski definition) is 1. The van der Waals surface area contributed by atoms with E-state index in [-0.39, 0.29) is 0 Å². The molecule has 0 radical (unpaired) electrons. The molecule has 2 atom stereocenters. The topological polar surface area (TPSA) is 29.1 Å². The van der Waals surface area contributed by atoms with Crippen molar-refractivity contribution in [1.29, 1.82) is 0 Å². The van der Waals surface area contributed by atoms with E-state index in [0.717, 1.165) is 16.5 Å². The smallest absolute Gasteiger partial charge is 0.137 e. The van der Waals surface area contributed by atoms with E-state index in [1.807, 2.05) is 24.3 Å². The summed E-state index contributed by atoms with van der Waals surface area (Å²) in [7, 11) is 0. The van der Waals surface area contributed by atoms with Gasteiger partial charge in [0.1, 0.15) is 5.78 Å². The highest BCUT2D eigenvalue weighted by molar-refractivity contribution is 9.10. The fourth-order valence-electron chi connectivity index (χ4n) is 3.57. The highest BCUT2D eigenvalue weighted by Crippen LogP contribution is 2.32. The zero-order chi connectivity index (χ0) is 13.2. The molecular formula is C16H20BrNO. The lowest BCUT2D eigenvalue weighted by Gasteiger charge is -2.28. The summed E-state index contributed by atoms with van der Waals surface area (Å²) in [4.78, 5) is 12.2. The monoisotopic (exact) mass is 321 g/mol. The predicted molar refractivity (Wildman–Crippen MR) is 80.1 cm³/mol. The summed E-state index contributed by atoms with van der Waals surface area (Å²) in [6.45, 7) is 0. The summed E-state index contributed by atoms with van der Waals surface area (Å²) in [5, 5.41) is 3.63. The minimum atomic E-state index is 0.397. The third-order valence-corrected chi connectivity index (χ3v) is 4.93. The van der Waals surface area contributed by atoms with Crippen LogP contribution >= 0.6 is 15.9 Å². The van der Waals surface area contributed by atoms with Crippen LogP contribution in [-0.4, -0.2) is 17.9 Å². The number of piperidine rings is 1. The van der Waals surface area contributed by atoms with Crippen molar-refractivity contribution in [3.8, 4) is 0 Å². The van der Waals surface area contributed by atoms with Crippen LogP contribution in [0.15, 0.2) is 28.7 Å². The number of nitrogens with one attached hydrogen (secondary N) is 1. The molecule has 1 aromatic carbocycles. The lowest BCUT2D eigenvalue weighted by Crippen LogP contribution is -2.38. The first-order valence-electron chi connectivity index (χ1n) is 7.21. The Morgan fingerprint density at radius 2 is 1.79 bits per heavy atom. The second-order valence-corrected chi connectivity index (χ2v) is 6.94. The van der Waals surface area contributed by atoms with Gasteiger partial charge in [0.25, 0.3) is 0 Å². The van der Waals surface area contributed by atoms with E-state index in [1.165, 1.54) is 25.7 Å². The van der Waals surface area contributed by atoms with Gasteiger partial charge in [0.05, 0.1) is 0 Å². The molecule has 19 heavy (non-hydrogen) atoms. The van der Waals surface area contributed by atoms with E-state index in [9.17, 15) is 4.79 Å². The van der Waals surface area contributed by atoms with Crippen LogP contribution in [0.1, 0.15) is 37.7 Å². The number of halogens is 1. The standard InChI is InChI=1S/C16H20BrNO/c17-13-3-1-11(2-4-13)9-16(19)10-12-7-14-5-6-15(8-12)18-14/h1-4,12,14-15,18H,5-10H2. The number of ketones is 1. The molecule has 1 aromatic rings. The van der Waals surface area contributed by atoms with E-state index in [4.69, 9.17) is 0 Å². The maximum atomic E-state index is 12.2. The normalized spacial score (nSPS) is 29.4. The molecule has 2 heterocycles. The van der Waals surface area contributed by atoms with Crippen LogP contribution in [0.2, 0.25) is 0 Å². The van der Waals surface area contributed by atoms with Crippen molar-refractivity contribution < 1.29 is 4.79 Å². The van der Waals surface area contributed by atoms with Crippen LogP contribution < -0.4 is 5.32 Å². The third kappa shape index (κ3) is 3.46. The number of carbonyl (C=O) groups excluding carboxylic acids is 1. The van der Waals surface area contributed by atoms with Crippen LogP contribution in [0.4, 0.5) is 0 Å². The highest BCUT2D eigenvalue weighted by Gasteiger charge is 2.33. The van der Waals surface area contributed by atoms with Gasteiger partial charge in [-0.05, 0) is 49.3 Å². The van der Waals surface area contributed by atoms with Crippen molar-refractivity contribution in [3.63, 3.8) is 0 Å². The number of hydrogen-bond acceptors (Lipinski definition) is 2.